The zero-order chi connectivity index (χ0) is 31.5. The third-order valence-corrected chi connectivity index (χ3v) is 8.41. The molecule has 0 aromatic carbocycles. The van der Waals surface area contributed by atoms with Gasteiger partial charge in [-0.3, -0.25) is 24.0 Å². The number of carbonyl (C=O) groups is 6. The summed E-state index contributed by atoms with van der Waals surface area (Å²) in [6.45, 7) is 2.68. The van der Waals surface area contributed by atoms with Gasteiger partial charge >= 0.3 is 6.03 Å². The van der Waals surface area contributed by atoms with Crippen molar-refractivity contribution in [3.8, 4) is 0 Å². The number of carbonyl (C=O) groups excluding carboxylic acids is 6. The molecule has 0 aromatic rings. The highest BCUT2D eigenvalue weighted by Crippen LogP contribution is 2.33. The number of nitrogens with one attached hydrogen (secondary N) is 6. The highest BCUT2D eigenvalue weighted by molar-refractivity contribution is 8.00. The third kappa shape index (κ3) is 15.3. The summed E-state index contributed by atoms with van der Waals surface area (Å²) in [6.07, 6.45) is 4.88. The molecule has 2 saturated heterocycles. The van der Waals surface area contributed by atoms with E-state index >= 15 is 0 Å². The molecule has 15 nitrogen and oxygen atoms in total. The van der Waals surface area contributed by atoms with E-state index in [-0.39, 0.29) is 56.3 Å². The van der Waals surface area contributed by atoms with Crippen LogP contribution in [0.2, 0.25) is 0 Å². The second-order valence-corrected chi connectivity index (χ2v) is 11.7. The Hall–Kier alpha value is -3.11. The summed E-state index contributed by atoms with van der Waals surface area (Å²) in [5, 5.41) is 16.9. The lowest BCUT2D eigenvalue weighted by atomic mass is 10.0. The summed E-state index contributed by atoms with van der Waals surface area (Å²) in [6, 6.07) is -0.622. The van der Waals surface area contributed by atoms with Crippen molar-refractivity contribution in [2.75, 3.05) is 51.8 Å². The van der Waals surface area contributed by atoms with Gasteiger partial charge in [-0.1, -0.05) is 13.3 Å². The van der Waals surface area contributed by atoms with E-state index in [1.54, 1.807) is 6.92 Å². The van der Waals surface area contributed by atoms with Gasteiger partial charge in [0.2, 0.25) is 29.5 Å². The highest BCUT2D eigenvalue weighted by Gasteiger charge is 2.42. The van der Waals surface area contributed by atoms with E-state index < -0.39 is 23.8 Å². The van der Waals surface area contributed by atoms with Crippen molar-refractivity contribution in [1.82, 2.24) is 31.9 Å². The molecule has 43 heavy (non-hydrogen) atoms. The molecule has 4 atom stereocenters. The van der Waals surface area contributed by atoms with Gasteiger partial charge in [0, 0.05) is 36.9 Å². The Morgan fingerprint density at radius 1 is 0.930 bits per heavy atom. The van der Waals surface area contributed by atoms with Crippen LogP contribution in [0.25, 0.3) is 0 Å². The van der Waals surface area contributed by atoms with Crippen LogP contribution in [0.4, 0.5) is 4.79 Å². The first-order valence-corrected chi connectivity index (χ1v) is 16.0. The maximum absolute atomic E-state index is 12.5. The molecule has 0 aromatic heterocycles. The summed E-state index contributed by atoms with van der Waals surface area (Å²) < 4.78 is 10.6. The van der Waals surface area contributed by atoms with Crippen molar-refractivity contribution in [3.05, 3.63) is 0 Å². The lowest BCUT2D eigenvalue weighted by Crippen LogP contribution is -2.49. The van der Waals surface area contributed by atoms with Crippen molar-refractivity contribution in [2.45, 2.75) is 81.7 Å². The van der Waals surface area contributed by atoms with Gasteiger partial charge < -0.3 is 47.1 Å². The van der Waals surface area contributed by atoms with Gasteiger partial charge in [-0.15, -0.1) is 0 Å². The van der Waals surface area contributed by atoms with Crippen LogP contribution >= 0.6 is 11.8 Å². The van der Waals surface area contributed by atoms with Crippen LogP contribution in [-0.2, 0) is 33.4 Å². The van der Waals surface area contributed by atoms with E-state index in [0.717, 1.165) is 25.0 Å². The van der Waals surface area contributed by atoms with Gasteiger partial charge in [-0.2, -0.15) is 11.8 Å². The summed E-state index contributed by atoms with van der Waals surface area (Å²) in [5.74, 6) is -0.918. The van der Waals surface area contributed by atoms with Crippen LogP contribution in [0.3, 0.4) is 0 Å². The maximum Gasteiger partial charge on any atom is 0.315 e. The fraction of sp³-hybridized carbons (Fsp3) is 0.778. The average Bonchev–Trinajstić information content (AvgIpc) is 3.53. The molecule has 2 aliphatic rings. The van der Waals surface area contributed by atoms with Crippen molar-refractivity contribution in [3.63, 3.8) is 0 Å². The average molecular weight is 630 g/mol. The number of thioether (sulfide) groups is 1. The highest BCUT2D eigenvalue weighted by atomic mass is 32.2. The van der Waals surface area contributed by atoms with E-state index in [0.29, 0.717) is 57.1 Å². The number of urea groups is 1. The van der Waals surface area contributed by atoms with Gasteiger partial charge in [0.25, 0.3) is 0 Å². The molecule has 2 fully saturated rings. The minimum Gasteiger partial charge on any atom is -0.377 e. The summed E-state index contributed by atoms with van der Waals surface area (Å²) in [7, 11) is 0. The van der Waals surface area contributed by atoms with Gasteiger partial charge in [-0.25, -0.2) is 4.79 Å². The molecular formula is C27H47N7O8S. The Labute approximate surface area is 256 Å². The lowest BCUT2D eigenvalue weighted by molar-refractivity contribution is -0.132. The van der Waals surface area contributed by atoms with Crippen molar-refractivity contribution in [2.24, 2.45) is 5.73 Å². The number of nitrogens with two attached hydrogens (primary N) is 1. The first-order chi connectivity index (χ1) is 20.7. The standard InChI is InChI=1S/C27H47N7O8S/c1-2-22(36)30-11-12-41-13-14-42-16-24(38)32-18(26(39)31-15-21(28)35)7-5-6-10-29-23(37)9-4-3-8-20-25-19(17-43-20)33-27(40)34-25/h18-20,25H,2-17H2,1H3,(H2,28,35)(H,29,37)(H,30,36)(H,31,39)(H,32,38)(H2,33,34,40)/t18-,19?,20+,25?/m0/s1. The van der Waals surface area contributed by atoms with E-state index in [1.807, 2.05) is 11.8 Å². The zero-order valence-corrected chi connectivity index (χ0v) is 25.7. The van der Waals surface area contributed by atoms with Crippen LogP contribution in [0, 0.1) is 0 Å². The molecular weight excluding hydrogens is 582 g/mol. The first-order valence-electron chi connectivity index (χ1n) is 14.9. The van der Waals surface area contributed by atoms with Crippen LogP contribution in [0.5, 0.6) is 0 Å². The predicted molar refractivity (Wildman–Crippen MR) is 160 cm³/mol. The number of rotatable bonds is 23. The van der Waals surface area contributed by atoms with Crippen LogP contribution in [-0.4, -0.2) is 111 Å². The molecule has 0 saturated carbocycles. The fourth-order valence-electron chi connectivity index (χ4n) is 4.64. The Balaban J connectivity index is 1.57. The number of hydrogen-bond donors (Lipinski definition) is 7. The molecule has 2 rings (SSSR count). The van der Waals surface area contributed by atoms with Crippen LogP contribution in [0.15, 0.2) is 0 Å². The Bertz CT molecular complexity index is 941. The topological polar surface area (TPSA) is 219 Å². The van der Waals surface area contributed by atoms with Crippen molar-refractivity contribution < 1.29 is 38.2 Å². The lowest BCUT2D eigenvalue weighted by Gasteiger charge is -2.18. The largest absolute Gasteiger partial charge is 0.377 e. The number of hydrogen-bond acceptors (Lipinski definition) is 9. The summed E-state index contributed by atoms with van der Waals surface area (Å²) >= 11 is 1.86. The first kappa shape index (κ1) is 36.1. The monoisotopic (exact) mass is 629 g/mol. The van der Waals surface area contributed by atoms with Crippen molar-refractivity contribution in [1.29, 1.82) is 0 Å². The minimum absolute atomic E-state index is 0.0383. The molecule has 0 spiro atoms. The molecule has 0 bridgehead atoms. The van der Waals surface area contributed by atoms with Gasteiger partial charge in [-0.05, 0) is 32.1 Å². The third-order valence-electron chi connectivity index (χ3n) is 6.91. The normalized spacial score (nSPS) is 19.5. The van der Waals surface area contributed by atoms with E-state index in [1.165, 1.54) is 0 Å². The molecule has 8 N–H and O–H groups in total. The molecule has 2 unspecified atom stereocenters. The molecule has 0 aliphatic carbocycles. The predicted octanol–water partition coefficient (Wildman–Crippen LogP) is -1.36. The molecule has 244 valence electrons. The second-order valence-electron chi connectivity index (χ2n) is 10.4. The number of primary amides is 1. The Kier molecular flexibility index (Phi) is 17.4. The number of fused-ring (bicyclic) bond motifs is 1. The SMILES string of the molecule is CCC(=O)NCCOCCOCC(=O)N[C@@H](CCCCNC(=O)CCCC[C@H]1SCC2NC(=O)NC21)C(=O)NCC(N)=O. The molecule has 0 radical (unpaired) electrons. The quantitative estimate of drug-likeness (QED) is 0.0524. The Morgan fingerprint density at radius 2 is 1.70 bits per heavy atom. The van der Waals surface area contributed by atoms with Gasteiger partial charge in [0.05, 0.1) is 38.4 Å². The molecule has 2 aliphatic heterocycles. The minimum atomic E-state index is -0.891. The van der Waals surface area contributed by atoms with Gasteiger partial charge in [0.15, 0.2) is 0 Å². The van der Waals surface area contributed by atoms with E-state index in [4.69, 9.17) is 15.2 Å². The molecule has 2 heterocycles. The number of unbranched alkanes of at least 4 members (excludes halogenated alkanes) is 2. The smallest absolute Gasteiger partial charge is 0.315 e. The second kappa shape index (κ2) is 20.7. The van der Waals surface area contributed by atoms with E-state index in [2.05, 4.69) is 31.9 Å². The number of amides is 7. The Morgan fingerprint density at radius 3 is 2.47 bits per heavy atom. The molecule has 16 heteroatoms. The number of ether oxygens (including phenoxy) is 2. The maximum atomic E-state index is 12.5. The van der Waals surface area contributed by atoms with Crippen LogP contribution in [0.1, 0.15) is 58.3 Å². The van der Waals surface area contributed by atoms with Crippen molar-refractivity contribution >= 4 is 47.3 Å². The van der Waals surface area contributed by atoms with Gasteiger partial charge in [0.1, 0.15) is 12.6 Å². The summed E-state index contributed by atoms with van der Waals surface area (Å²) in [4.78, 5) is 70.7. The van der Waals surface area contributed by atoms with E-state index in [9.17, 15) is 28.8 Å². The zero-order valence-electron chi connectivity index (χ0n) is 24.9. The summed E-state index contributed by atoms with van der Waals surface area (Å²) in [5.41, 5.74) is 5.10. The fourth-order valence-corrected chi connectivity index (χ4v) is 6.18. The molecule has 7 amide bonds. The van der Waals surface area contributed by atoms with Crippen LogP contribution < -0.4 is 37.6 Å².